The van der Waals surface area contributed by atoms with E-state index in [2.05, 4.69) is 4.98 Å². The molecule has 1 aromatic heterocycles. The van der Waals surface area contributed by atoms with Crippen molar-refractivity contribution in [2.45, 2.75) is 46.1 Å². The van der Waals surface area contributed by atoms with E-state index in [4.69, 9.17) is 14.9 Å². The first-order valence-corrected chi connectivity index (χ1v) is 9.20. The average molecular weight is 366 g/mol. The van der Waals surface area contributed by atoms with Gasteiger partial charge in [0.1, 0.15) is 11.1 Å². The van der Waals surface area contributed by atoms with Crippen LogP contribution >= 0.6 is 0 Å². The lowest BCUT2D eigenvalue weighted by atomic mass is 9.98. The van der Waals surface area contributed by atoms with E-state index in [0.29, 0.717) is 24.4 Å². The quantitative estimate of drug-likeness (QED) is 0.508. The van der Waals surface area contributed by atoms with Gasteiger partial charge in [0.2, 0.25) is 5.89 Å². The first-order valence-electron chi connectivity index (χ1n) is 9.20. The van der Waals surface area contributed by atoms with Gasteiger partial charge >= 0.3 is 5.97 Å². The van der Waals surface area contributed by atoms with Crippen LogP contribution in [0.5, 0.6) is 0 Å². The van der Waals surface area contributed by atoms with Crippen LogP contribution in [0, 0.1) is 5.92 Å². The van der Waals surface area contributed by atoms with Gasteiger partial charge in [0, 0.05) is 11.3 Å². The number of nitrogen functional groups attached to an aromatic ring is 1. The molecule has 1 atom stereocenters. The van der Waals surface area contributed by atoms with Gasteiger partial charge in [-0.05, 0) is 63.4 Å². The van der Waals surface area contributed by atoms with E-state index in [-0.39, 0.29) is 11.9 Å². The molecular weight excluding hydrogens is 340 g/mol. The monoisotopic (exact) mass is 366 g/mol. The third kappa shape index (κ3) is 4.67. The van der Waals surface area contributed by atoms with E-state index in [1.54, 1.807) is 0 Å². The summed E-state index contributed by atoms with van der Waals surface area (Å²) in [5, 5.41) is 0. The number of aryl methyl sites for hydroxylation is 1. The number of esters is 1. The van der Waals surface area contributed by atoms with Crippen LogP contribution in [0.3, 0.4) is 0 Å². The largest absolute Gasteiger partial charge is 0.460 e. The number of benzene rings is 2. The molecule has 27 heavy (non-hydrogen) atoms. The van der Waals surface area contributed by atoms with Gasteiger partial charge in [0.15, 0.2) is 5.58 Å². The third-order valence-electron chi connectivity index (χ3n) is 4.34. The van der Waals surface area contributed by atoms with Crippen molar-refractivity contribution >= 4 is 22.8 Å². The molecule has 0 saturated heterocycles. The highest BCUT2D eigenvalue weighted by molar-refractivity contribution is 5.77. The maximum absolute atomic E-state index is 12.1. The number of hydrogen-bond donors (Lipinski definition) is 1. The van der Waals surface area contributed by atoms with Crippen molar-refractivity contribution in [3.05, 3.63) is 48.0 Å². The predicted octanol–water partition coefficient (Wildman–Crippen LogP) is 4.99. The Morgan fingerprint density at radius 1 is 1.22 bits per heavy atom. The van der Waals surface area contributed by atoms with Crippen LogP contribution in [0.2, 0.25) is 0 Å². The standard InChI is InChI=1S/C22H26N2O3/c1-14(21(25)27-22(2,3)4)9-10-15-11-12-16(13-17(15)23)20-24-18-7-5-6-8-19(18)26-20/h5-8,11-14H,9-10,23H2,1-4H3. The first kappa shape index (κ1) is 19.0. The molecule has 0 bridgehead atoms. The fraction of sp³-hybridized carbons (Fsp3) is 0.364. The number of oxazole rings is 1. The first-order chi connectivity index (χ1) is 12.7. The molecule has 3 rings (SSSR count). The Balaban J connectivity index is 1.69. The highest BCUT2D eigenvalue weighted by atomic mass is 16.6. The fourth-order valence-electron chi connectivity index (χ4n) is 2.84. The molecule has 3 aromatic rings. The van der Waals surface area contributed by atoms with Crippen molar-refractivity contribution in [3.8, 4) is 11.5 Å². The number of carbonyl (C=O) groups is 1. The Morgan fingerprint density at radius 3 is 2.63 bits per heavy atom. The number of para-hydroxylation sites is 2. The van der Waals surface area contributed by atoms with Crippen LogP contribution < -0.4 is 5.73 Å². The van der Waals surface area contributed by atoms with Gasteiger partial charge in [0.25, 0.3) is 0 Å². The number of nitrogens with zero attached hydrogens (tertiary/aromatic N) is 1. The van der Waals surface area contributed by atoms with E-state index < -0.39 is 5.60 Å². The van der Waals surface area contributed by atoms with Crippen LogP contribution in [-0.4, -0.2) is 16.6 Å². The number of fused-ring (bicyclic) bond motifs is 1. The lowest BCUT2D eigenvalue weighted by Crippen LogP contribution is -2.27. The summed E-state index contributed by atoms with van der Waals surface area (Å²) in [7, 11) is 0. The molecule has 0 radical (unpaired) electrons. The smallest absolute Gasteiger partial charge is 0.309 e. The fourth-order valence-corrected chi connectivity index (χ4v) is 2.84. The Morgan fingerprint density at radius 2 is 1.96 bits per heavy atom. The summed E-state index contributed by atoms with van der Waals surface area (Å²) in [6.45, 7) is 7.51. The molecule has 0 fully saturated rings. The molecule has 0 spiro atoms. The van der Waals surface area contributed by atoms with Crippen LogP contribution in [-0.2, 0) is 16.0 Å². The molecule has 0 amide bonds. The molecule has 5 nitrogen and oxygen atoms in total. The predicted molar refractivity (Wildman–Crippen MR) is 107 cm³/mol. The van der Waals surface area contributed by atoms with Crippen molar-refractivity contribution in [2.24, 2.45) is 5.92 Å². The van der Waals surface area contributed by atoms with Crippen molar-refractivity contribution in [1.29, 1.82) is 0 Å². The van der Waals surface area contributed by atoms with Crippen molar-refractivity contribution in [1.82, 2.24) is 4.98 Å². The Bertz CT molecular complexity index is 921. The zero-order chi connectivity index (χ0) is 19.6. The van der Waals surface area contributed by atoms with E-state index in [1.165, 1.54) is 0 Å². The highest BCUT2D eigenvalue weighted by Gasteiger charge is 2.21. The van der Waals surface area contributed by atoms with Gasteiger partial charge < -0.3 is 14.9 Å². The number of rotatable bonds is 5. The Hall–Kier alpha value is -2.82. The molecule has 0 aliphatic heterocycles. The van der Waals surface area contributed by atoms with Gasteiger partial charge in [0.05, 0.1) is 5.92 Å². The Labute approximate surface area is 159 Å². The van der Waals surface area contributed by atoms with E-state index in [0.717, 1.165) is 22.2 Å². The van der Waals surface area contributed by atoms with Crippen molar-refractivity contribution in [3.63, 3.8) is 0 Å². The topological polar surface area (TPSA) is 78.4 Å². The van der Waals surface area contributed by atoms with Crippen LogP contribution in [0.1, 0.15) is 39.7 Å². The van der Waals surface area contributed by atoms with Crippen molar-refractivity contribution in [2.75, 3.05) is 5.73 Å². The van der Waals surface area contributed by atoms with Crippen LogP contribution in [0.25, 0.3) is 22.6 Å². The number of nitrogens with two attached hydrogens (primary N) is 1. The Kier molecular flexibility index (Phi) is 5.22. The second-order valence-electron chi connectivity index (χ2n) is 7.87. The molecule has 0 saturated carbocycles. The molecule has 1 heterocycles. The zero-order valence-electron chi connectivity index (χ0n) is 16.3. The third-order valence-corrected chi connectivity index (χ3v) is 4.34. The summed E-state index contributed by atoms with van der Waals surface area (Å²) < 4.78 is 11.2. The maximum Gasteiger partial charge on any atom is 0.309 e. The molecule has 5 heteroatoms. The van der Waals surface area contributed by atoms with Gasteiger partial charge in [-0.3, -0.25) is 4.79 Å². The second kappa shape index (κ2) is 7.43. The number of ether oxygens (including phenoxy) is 1. The summed E-state index contributed by atoms with van der Waals surface area (Å²) in [4.78, 5) is 16.6. The number of hydrogen-bond acceptors (Lipinski definition) is 5. The van der Waals surface area contributed by atoms with Gasteiger partial charge in [-0.1, -0.05) is 25.1 Å². The molecule has 2 N–H and O–H groups in total. The number of aromatic nitrogens is 1. The minimum absolute atomic E-state index is 0.177. The molecule has 0 aliphatic carbocycles. The van der Waals surface area contributed by atoms with Crippen LogP contribution in [0.15, 0.2) is 46.9 Å². The lowest BCUT2D eigenvalue weighted by molar-refractivity contribution is -0.159. The van der Waals surface area contributed by atoms with Crippen molar-refractivity contribution < 1.29 is 13.9 Å². The molecule has 1 unspecified atom stereocenters. The summed E-state index contributed by atoms with van der Waals surface area (Å²) in [6.07, 6.45) is 1.39. The highest BCUT2D eigenvalue weighted by Crippen LogP contribution is 2.28. The summed E-state index contributed by atoms with van der Waals surface area (Å²) in [5.74, 6) is 0.195. The van der Waals surface area contributed by atoms with Gasteiger partial charge in [-0.25, -0.2) is 4.98 Å². The maximum atomic E-state index is 12.1. The molecule has 2 aromatic carbocycles. The van der Waals surface area contributed by atoms with E-state index >= 15 is 0 Å². The average Bonchev–Trinajstić information content (AvgIpc) is 3.03. The van der Waals surface area contributed by atoms with E-state index in [9.17, 15) is 4.79 Å². The van der Waals surface area contributed by atoms with E-state index in [1.807, 2.05) is 70.2 Å². The summed E-state index contributed by atoms with van der Waals surface area (Å²) >= 11 is 0. The molecule has 142 valence electrons. The summed E-state index contributed by atoms with van der Waals surface area (Å²) in [6, 6.07) is 13.5. The minimum Gasteiger partial charge on any atom is -0.460 e. The minimum atomic E-state index is -0.467. The normalized spacial score (nSPS) is 12.9. The zero-order valence-corrected chi connectivity index (χ0v) is 16.3. The lowest BCUT2D eigenvalue weighted by Gasteiger charge is -2.22. The number of anilines is 1. The second-order valence-corrected chi connectivity index (χ2v) is 7.87. The SMILES string of the molecule is CC(CCc1ccc(-c2nc3ccccc3o2)cc1N)C(=O)OC(C)(C)C. The van der Waals surface area contributed by atoms with Gasteiger partial charge in [-0.2, -0.15) is 0 Å². The molecular formula is C22H26N2O3. The van der Waals surface area contributed by atoms with Crippen LogP contribution in [0.4, 0.5) is 5.69 Å². The van der Waals surface area contributed by atoms with Gasteiger partial charge in [-0.15, -0.1) is 0 Å². The number of carbonyl (C=O) groups excluding carboxylic acids is 1. The molecule has 0 aliphatic rings. The summed E-state index contributed by atoms with van der Waals surface area (Å²) in [5.41, 5.74) is 9.85.